The third-order valence-electron chi connectivity index (χ3n) is 8.95. The number of benzene rings is 7. The van der Waals surface area contributed by atoms with Crippen LogP contribution < -0.4 is 15.9 Å². The van der Waals surface area contributed by atoms with Crippen molar-refractivity contribution in [1.82, 2.24) is 9.55 Å². The molecule has 1 heterocycles. The second kappa shape index (κ2) is 13.8. The highest BCUT2D eigenvalue weighted by Crippen LogP contribution is 2.43. The Morgan fingerprint density at radius 1 is 0.580 bits per heavy atom. The minimum Gasteiger partial charge on any atom is -0.319 e. The van der Waals surface area contributed by atoms with Crippen molar-refractivity contribution in [3.05, 3.63) is 198 Å². The number of nitro groups is 1. The molecule has 0 aliphatic carbocycles. The molecule has 0 atom stereocenters. The van der Waals surface area contributed by atoms with Crippen LogP contribution in [0.3, 0.4) is 0 Å². The van der Waals surface area contributed by atoms with Gasteiger partial charge in [0.25, 0.3) is 5.69 Å². The van der Waals surface area contributed by atoms with Crippen LogP contribution in [0.5, 0.6) is 0 Å². The molecule has 0 saturated heterocycles. The van der Waals surface area contributed by atoms with Gasteiger partial charge >= 0.3 is 0 Å². The van der Waals surface area contributed by atoms with Gasteiger partial charge in [-0.05, 0) is 40.2 Å². The van der Waals surface area contributed by atoms with E-state index >= 15 is 0 Å². The molecule has 0 fully saturated rings. The van der Waals surface area contributed by atoms with Crippen molar-refractivity contribution in [3.8, 4) is 33.9 Å². The lowest BCUT2D eigenvalue weighted by Crippen LogP contribution is -2.23. The molecule has 0 spiro atoms. The first-order chi connectivity index (χ1) is 24.7. The fraction of sp³-hybridized carbons (Fsp3) is 0.0227. The van der Waals surface area contributed by atoms with E-state index in [4.69, 9.17) is 4.98 Å². The van der Waals surface area contributed by atoms with Crippen LogP contribution in [-0.2, 0) is 6.54 Å². The van der Waals surface area contributed by atoms with Crippen molar-refractivity contribution in [2.45, 2.75) is 6.54 Å². The van der Waals surface area contributed by atoms with Gasteiger partial charge in [-0.3, -0.25) is 10.1 Å². The topological polar surface area (TPSA) is 61.0 Å². The second-order valence-electron chi connectivity index (χ2n) is 12.1. The maximum atomic E-state index is 11.6. The standard InChI is InChI=1S/C44H32N3O2P/c48-47(49)36-28-25-32(26-29-36)31-46-43(35-18-7-2-8-19-35)42(34-16-5-1-6-17-34)45-44(46)41-39-24-14-13-15-33(39)27-30-40(41)50(37-20-9-3-10-21-37)38-22-11-4-12-23-38/h1-30H,31H2. The molecule has 0 radical (unpaired) electrons. The number of rotatable bonds is 9. The van der Waals surface area contributed by atoms with E-state index < -0.39 is 7.92 Å². The van der Waals surface area contributed by atoms with Crippen LogP contribution in [0, 0.1) is 10.1 Å². The van der Waals surface area contributed by atoms with E-state index in [1.54, 1.807) is 12.1 Å². The number of fused-ring (bicyclic) bond motifs is 1. The number of non-ortho nitro benzene ring substituents is 1. The average molecular weight is 666 g/mol. The number of nitro benzene ring substituents is 1. The number of aromatic nitrogens is 2. The third kappa shape index (κ3) is 6.00. The summed E-state index contributed by atoms with van der Waals surface area (Å²) in [6, 6.07) is 62.2. The fourth-order valence-electron chi connectivity index (χ4n) is 6.65. The Labute approximate surface area is 292 Å². The van der Waals surface area contributed by atoms with Gasteiger partial charge in [0.05, 0.1) is 16.3 Å². The lowest BCUT2D eigenvalue weighted by molar-refractivity contribution is -0.384. The monoisotopic (exact) mass is 665 g/mol. The molecule has 5 nitrogen and oxygen atoms in total. The molecule has 50 heavy (non-hydrogen) atoms. The summed E-state index contributed by atoms with van der Waals surface area (Å²) in [5, 5.41) is 17.5. The molecule has 0 aliphatic heterocycles. The molecular formula is C44H32N3O2P. The van der Waals surface area contributed by atoms with Gasteiger partial charge in [0.1, 0.15) is 5.82 Å². The summed E-state index contributed by atoms with van der Waals surface area (Å²) in [7, 11) is -0.984. The summed E-state index contributed by atoms with van der Waals surface area (Å²) >= 11 is 0. The third-order valence-corrected chi connectivity index (χ3v) is 11.4. The van der Waals surface area contributed by atoms with E-state index in [0.29, 0.717) is 6.54 Å². The molecule has 0 saturated carbocycles. The van der Waals surface area contributed by atoms with E-state index in [2.05, 4.69) is 138 Å². The Balaban J connectivity index is 1.48. The van der Waals surface area contributed by atoms with Gasteiger partial charge in [-0.25, -0.2) is 4.98 Å². The van der Waals surface area contributed by atoms with Crippen LogP contribution in [-0.4, -0.2) is 14.5 Å². The summed E-state index contributed by atoms with van der Waals surface area (Å²) in [6.45, 7) is 0.467. The molecule has 0 unspecified atom stereocenters. The predicted molar refractivity (Wildman–Crippen MR) is 207 cm³/mol. The molecule has 0 N–H and O–H groups in total. The molecule has 240 valence electrons. The highest BCUT2D eigenvalue weighted by molar-refractivity contribution is 7.80. The zero-order chi connectivity index (χ0) is 33.9. The van der Waals surface area contributed by atoms with E-state index in [1.807, 2.05) is 36.4 Å². The first kappa shape index (κ1) is 31.1. The van der Waals surface area contributed by atoms with Crippen LogP contribution in [0.15, 0.2) is 182 Å². The van der Waals surface area contributed by atoms with Gasteiger partial charge in [-0.15, -0.1) is 0 Å². The average Bonchev–Trinajstić information content (AvgIpc) is 3.55. The summed E-state index contributed by atoms with van der Waals surface area (Å²) in [5.74, 6) is 0.854. The Hall–Kier alpha value is -6.16. The molecule has 0 aliphatic rings. The zero-order valence-electron chi connectivity index (χ0n) is 27.1. The van der Waals surface area contributed by atoms with E-state index in [0.717, 1.165) is 50.2 Å². The zero-order valence-corrected chi connectivity index (χ0v) is 28.0. The Morgan fingerprint density at radius 3 is 1.72 bits per heavy atom. The summed E-state index contributed by atoms with van der Waals surface area (Å²) in [5.41, 5.74) is 6.04. The molecule has 1 aromatic heterocycles. The number of hydrogen-bond acceptors (Lipinski definition) is 3. The fourth-order valence-corrected chi connectivity index (χ4v) is 9.11. The molecule has 0 amide bonds. The molecular weight excluding hydrogens is 633 g/mol. The SMILES string of the molecule is O=[N+]([O-])c1ccc(Cn2c(-c3c(P(c4ccccc4)c4ccccc4)ccc4ccccc34)nc(-c3ccccc3)c2-c2ccccc2)cc1. The summed E-state index contributed by atoms with van der Waals surface area (Å²) < 4.78 is 2.31. The number of imidazole rings is 1. The van der Waals surface area contributed by atoms with Crippen molar-refractivity contribution >= 4 is 40.3 Å². The molecule has 6 heteroatoms. The Kier molecular flexibility index (Phi) is 8.56. The maximum Gasteiger partial charge on any atom is 0.269 e. The first-order valence-electron chi connectivity index (χ1n) is 16.5. The van der Waals surface area contributed by atoms with Gasteiger partial charge in [0, 0.05) is 35.4 Å². The van der Waals surface area contributed by atoms with Crippen LogP contribution >= 0.6 is 7.92 Å². The van der Waals surface area contributed by atoms with E-state index in [1.165, 1.54) is 15.9 Å². The van der Waals surface area contributed by atoms with Gasteiger partial charge in [-0.1, -0.05) is 170 Å². The van der Waals surface area contributed by atoms with Crippen LogP contribution in [0.2, 0.25) is 0 Å². The number of nitrogens with zero attached hydrogens (tertiary/aromatic N) is 3. The van der Waals surface area contributed by atoms with Crippen molar-refractivity contribution in [2.24, 2.45) is 0 Å². The van der Waals surface area contributed by atoms with Crippen LogP contribution in [0.1, 0.15) is 5.56 Å². The number of hydrogen-bond donors (Lipinski definition) is 0. The van der Waals surface area contributed by atoms with Crippen molar-refractivity contribution in [2.75, 3.05) is 0 Å². The van der Waals surface area contributed by atoms with Gasteiger partial charge in [-0.2, -0.15) is 0 Å². The van der Waals surface area contributed by atoms with Crippen molar-refractivity contribution in [1.29, 1.82) is 0 Å². The largest absolute Gasteiger partial charge is 0.319 e. The van der Waals surface area contributed by atoms with Crippen molar-refractivity contribution < 1.29 is 4.92 Å². The highest BCUT2D eigenvalue weighted by Gasteiger charge is 2.28. The summed E-state index contributed by atoms with van der Waals surface area (Å²) in [4.78, 5) is 16.8. The minimum absolute atomic E-state index is 0.0700. The molecule has 8 aromatic rings. The molecule has 7 aromatic carbocycles. The van der Waals surface area contributed by atoms with Crippen molar-refractivity contribution in [3.63, 3.8) is 0 Å². The smallest absolute Gasteiger partial charge is 0.269 e. The first-order valence-corrected chi connectivity index (χ1v) is 17.9. The highest BCUT2D eigenvalue weighted by atomic mass is 31.1. The normalized spacial score (nSPS) is 11.2. The second-order valence-corrected chi connectivity index (χ2v) is 14.2. The quantitative estimate of drug-likeness (QED) is 0.0876. The minimum atomic E-state index is -0.984. The van der Waals surface area contributed by atoms with E-state index in [9.17, 15) is 10.1 Å². The predicted octanol–water partition coefficient (Wildman–Crippen LogP) is 9.75. The molecule has 0 bridgehead atoms. The van der Waals surface area contributed by atoms with E-state index in [-0.39, 0.29) is 10.6 Å². The summed E-state index contributed by atoms with van der Waals surface area (Å²) in [6.07, 6.45) is 0. The van der Waals surface area contributed by atoms with Gasteiger partial charge < -0.3 is 4.57 Å². The Morgan fingerprint density at radius 2 is 1.12 bits per heavy atom. The Bertz CT molecular complexity index is 2370. The van der Waals surface area contributed by atoms with Gasteiger partial charge in [0.2, 0.25) is 0 Å². The molecule has 8 rings (SSSR count). The van der Waals surface area contributed by atoms with Gasteiger partial charge in [0.15, 0.2) is 0 Å². The maximum absolute atomic E-state index is 11.6. The lowest BCUT2D eigenvalue weighted by atomic mass is 10.0. The lowest BCUT2D eigenvalue weighted by Gasteiger charge is -2.24. The van der Waals surface area contributed by atoms with Crippen LogP contribution in [0.4, 0.5) is 5.69 Å². The van der Waals surface area contributed by atoms with Crippen LogP contribution in [0.25, 0.3) is 44.7 Å².